The van der Waals surface area contributed by atoms with Crippen LogP contribution in [-0.2, 0) is 11.0 Å². The summed E-state index contributed by atoms with van der Waals surface area (Å²) in [7, 11) is 0. The number of carbonyl (C=O) groups excluding carboxylic acids is 1. The zero-order valence-electron chi connectivity index (χ0n) is 21.5. The Labute approximate surface area is 225 Å². The minimum Gasteiger partial charge on any atom is -0.486 e. The summed E-state index contributed by atoms with van der Waals surface area (Å²) >= 11 is 0. The van der Waals surface area contributed by atoms with Crippen molar-refractivity contribution in [2.75, 3.05) is 6.54 Å². The van der Waals surface area contributed by atoms with Gasteiger partial charge in [0.05, 0.1) is 12.0 Å². The number of nitrogens with one attached hydrogen (secondary N) is 1. The minimum atomic E-state index is -4.42. The minimum absolute atomic E-state index is 0.0395. The summed E-state index contributed by atoms with van der Waals surface area (Å²) in [6, 6.07) is 14.4. The molecule has 7 nitrogen and oxygen atoms in total. The molecule has 3 rings (SSSR count). The first-order chi connectivity index (χ1) is 18.7. The number of carboxylic acids is 1. The van der Waals surface area contributed by atoms with Gasteiger partial charge in [0.25, 0.3) is 5.91 Å². The van der Waals surface area contributed by atoms with E-state index in [1.165, 1.54) is 12.1 Å². The van der Waals surface area contributed by atoms with E-state index >= 15 is 0 Å². The Hall–Kier alpha value is -4.08. The smallest absolute Gasteiger partial charge is 0.416 e. The number of hydrogen-bond donors (Lipinski definition) is 2. The van der Waals surface area contributed by atoms with E-state index in [2.05, 4.69) is 17.2 Å². The lowest BCUT2D eigenvalue weighted by Gasteiger charge is -2.20. The summed E-state index contributed by atoms with van der Waals surface area (Å²) in [4.78, 5) is 27.1. The van der Waals surface area contributed by atoms with E-state index in [0.29, 0.717) is 11.3 Å². The lowest BCUT2D eigenvalue weighted by atomic mass is 10.0. The third-order valence-electron chi connectivity index (χ3n) is 5.87. The van der Waals surface area contributed by atoms with Gasteiger partial charge in [0.1, 0.15) is 17.6 Å². The lowest BCUT2D eigenvalue weighted by molar-refractivity contribution is -0.138. The van der Waals surface area contributed by atoms with Crippen LogP contribution in [0.15, 0.2) is 66.9 Å². The molecule has 1 amide bonds. The summed E-state index contributed by atoms with van der Waals surface area (Å²) in [6.45, 7) is 2.17. The van der Waals surface area contributed by atoms with Gasteiger partial charge in [-0.15, -0.1) is 0 Å². The van der Waals surface area contributed by atoms with Crippen LogP contribution in [0.1, 0.15) is 73.0 Å². The number of aliphatic carboxylic acids is 1. The van der Waals surface area contributed by atoms with Crippen molar-refractivity contribution in [3.63, 3.8) is 0 Å². The second-order valence-corrected chi connectivity index (χ2v) is 8.93. The highest BCUT2D eigenvalue weighted by atomic mass is 19.4. The molecule has 2 aromatic carbocycles. The number of benzene rings is 2. The van der Waals surface area contributed by atoms with Gasteiger partial charge >= 0.3 is 12.1 Å². The van der Waals surface area contributed by atoms with Crippen LogP contribution in [0.5, 0.6) is 17.4 Å². The molecule has 39 heavy (non-hydrogen) atoms. The monoisotopic (exact) mass is 544 g/mol. The molecule has 0 radical (unpaired) electrons. The predicted octanol–water partition coefficient (Wildman–Crippen LogP) is 7.19. The van der Waals surface area contributed by atoms with E-state index in [1.54, 1.807) is 42.6 Å². The Morgan fingerprint density at radius 2 is 1.64 bits per heavy atom. The molecule has 0 fully saturated rings. The molecule has 3 aromatic rings. The highest BCUT2D eigenvalue weighted by Gasteiger charge is 2.30. The molecule has 10 heteroatoms. The van der Waals surface area contributed by atoms with E-state index < -0.39 is 17.7 Å². The van der Waals surface area contributed by atoms with Crippen molar-refractivity contribution >= 4 is 11.9 Å². The summed E-state index contributed by atoms with van der Waals surface area (Å²) < 4.78 is 50.2. The van der Waals surface area contributed by atoms with Crippen molar-refractivity contribution in [1.82, 2.24) is 10.3 Å². The van der Waals surface area contributed by atoms with Crippen molar-refractivity contribution in [2.24, 2.45) is 0 Å². The molecule has 208 valence electrons. The molecule has 0 aliphatic carbocycles. The first kappa shape index (κ1) is 29.5. The van der Waals surface area contributed by atoms with E-state index in [1.807, 2.05) is 0 Å². The normalized spacial score (nSPS) is 12.0. The Balaban J connectivity index is 1.66. The van der Waals surface area contributed by atoms with Crippen molar-refractivity contribution in [3.05, 3.63) is 83.6 Å². The number of carboxylic acid groups (broad SMARTS) is 1. The maximum Gasteiger partial charge on any atom is 0.416 e. The molecular weight excluding hydrogens is 513 g/mol. The number of amides is 1. The second kappa shape index (κ2) is 14.2. The van der Waals surface area contributed by atoms with Gasteiger partial charge in [-0.2, -0.15) is 13.2 Å². The zero-order chi connectivity index (χ0) is 28.3. The number of rotatable bonds is 14. The van der Waals surface area contributed by atoms with E-state index in [4.69, 9.17) is 14.6 Å². The SMILES string of the molecule is CCCCCC[C@@H](Oc1ccc(C(=O)NCCC(=O)O)cc1)c1ccc(Oc2ccc(C(F)(F)F)cc2)nc1. The van der Waals surface area contributed by atoms with Crippen molar-refractivity contribution in [1.29, 1.82) is 0 Å². The number of alkyl halides is 3. The summed E-state index contributed by atoms with van der Waals surface area (Å²) in [5.74, 6) is -0.323. The van der Waals surface area contributed by atoms with Crippen LogP contribution in [0.3, 0.4) is 0 Å². The van der Waals surface area contributed by atoms with Gasteiger partial charge in [-0.1, -0.05) is 26.2 Å². The van der Waals surface area contributed by atoms with Crippen molar-refractivity contribution in [2.45, 2.75) is 57.7 Å². The number of ether oxygens (including phenoxy) is 2. The van der Waals surface area contributed by atoms with Crippen LogP contribution in [0.25, 0.3) is 0 Å². The van der Waals surface area contributed by atoms with Crippen LogP contribution in [0, 0.1) is 0 Å². The summed E-state index contributed by atoms with van der Waals surface area (Å²) in [5, 5.41) is 11.3. The number of nitrogens with zero attached hydrogens (tertiary/aromatic N) is 1. The number of carbonyl (C=O) groups is 2. The van der Waals surface area contributed by atoms with Gasteiger partial charge < -0.3 is 19.9 Å². The first-order valence-corrected chi connectivity index (χ1v) is 12.7. The molecule has 0 bridgehead atoms. The summed E-state index contributed by atoms with van der Waals surface area (Å²) in [6.07, 6.45) is 1.65. The predicted molar refractivity (Wildman–Crippen MR) is 139 cm³/mol. The Morgan fingerprint density at radius 1 is 0.949 bits per heavy atom. The highest BCUT2D eigenvalue weighted by molar-refractivity contribution is 5.94. The molecule has 0 saturated heterocycles. The molecule has 0 saturated carbocycles. The average Bonchev–Trinajstić information content (AvgIpc) is 2.91. The molecule has 1 aromatic heterocycles. The van der Waals surface area contributed by atoms with Crippen molar-refractivity contribution in [3.8, 4) is 17.4 Å². The van der Waals surface area contributed by atoms with Gasteiger partial charge in [0.2, 0.25) is 5.88 Å². The molecule has 0 aliphatic rings. The maximum absolute atomic E-state index is 12.8. The van der Waals surface area contributed by atoms with Gasteiger partial charge in [-0.05, 0) is 67.4 Å². The number of pyridine rings is 1. The maximum atomic E-state index is 12.8. The van der Waals surface area contributed by atoms with Crippen LogP contribution in [-0.4, -0.2) is 28.5 Å². The standard InChI is InChI=1S/C29H31F3N2O5/c1-2-3-4-5-6-25(38-23-12-7-20(8-13-23)28(37)33-18-17-27(35)36)21-9-16-26(34-19-21)39-24-14-10-22(11-15-24)29(30,31)32/h7-16,19,25H,2-6,17-18H2,1H3,(H,33,37)(H,35,36)/t25-/m1/s1. The Kier molecular flexibility index (Phi) is 10.7. The Bertz CT molecular complexity index is 1200. The van der Waals surface area contributed by atoms with E-state index in [-0.39, 0.29) is 36.6 Å². The van der Waals surface area contributed by atoms with Crippen LogP contribution in [0.2, 0.25) is 0 Å². The first-order valence-electron chi connectivity index (χ1n) is 12.7. The lowest BCUT2D eigenvalue weighted by Crippen LogP contribution is -2.25. The number of halogens is 3. The summed E-state index contributed by atoms with van der Waals surface area (Å²) in [5.41, 5.74) is 0.438. The molecule has 2 N–H and O–H groups in total. The van der Waals surface area contributed by atoms with Gasteiger partial charge in [-0.3, -0.25) is 9.59 Å². The fraction of sp³-hybridized carbons (Fsp3) is 0.345. The molecule has 1 atom stereocenters. The third kappa shape index (κ3) is 9.63. The second-order valence-electron chi connectivity index (χ2n) is 8.93. The Morgan fingerprint density at radius 3 is 2.23 bits per heavy atom. The molecule has 0 unspecified atom stereocenters. The number of aromatic nitrogens is 1. The van der Waals surface area contributed by atoms with Crippen molar-refractivity contribution < 1.29 is 37.3 Å². The van der Waals surface area contributed by atoms with Crippen LogP contribution < -0.4 is 14.8 Å². The van der Waals surface area contributed by atoms with E-state index in [9.17, 15) is 22.8 Å². The third-order valence-corrected chi connectivity index (χ3v) is 5.87. The van der Waals surface area contributed by atoms with Crippen LogP contribution in [0.4, 0.5) is 13.2 Å². The number of unbranched alkanes of at least 4 members (excludes halogenated alkanes) is 3. The number of hydrogen-bond acceptors (Lipinski definition) is 5. The van der Waals surface area contributed by atoms with E-state index in [0.717, 1.165) is 49.8 Å². The molecule has 1 heterocycles. The zero-order valence-corrected chi connectivity index (χ0v) is 21.5. The quantitative estimate of drug-likeness (QED) is 0.209. The highest BCUT2D eigenvalue weighted by Crippen LogP contribution is 2.32. The van der Waals surface area contributed by atoms with Gasteiger partial charge in [0.15, 0.2) is 0 Å². The average molecular weight is 545 g/mol. The largest absolute Gasteiger partial charge is 0.486 e. The molecule has 0 spiro atoms. The topological polar surface area (TPSA) is 97.8 Å². The molecule has 0 aliphatic heterocycles. The van der Waals surface area contributed by atoms with Crippen LogP contribution >= 0.6 is 0 Å². The fourth-order valence-corrected chi connectivity index (χ4v) is 3.76. The van der Waals surface area contributed by atoms with Gasteiger partial charge in [0, 0.05) is 29.9 Å². The van der Waals surface area contributed by atoms with Gasteiger partial charge in [-0.25, -0.2) is 4.98 Å². The molecular formula is C29H31F3N2O5. The fourth-order valence-electron chi connectivity index (χ4n) is 3.76.